The van der Waals surface area contributed by atoms with Crippen LogP contribution in [0.15, 0.2) is 48.8 Å². The Hall–Kier alpha value is -3.05. The molecule has 0 fully saturated rings. The van der Waals surface area contributed by atoms with E-state index in [1.54, 1.807) is 11.0 Å². The van der Waals surface area contributed by atoms with Crippen LogP contribution in [0.25, 0.3) is 5.69 Å². The van der Waals surface area contributed by atoms with Crippen LogP contribution >= 0.6 is 0 Å². The first-order chi connectivity index (χ1) is 10.8. The van der Waals surface area contributed by atoms with Gasteiger partial charge in [0.1, 0.15) is 0 Å². The Kier molecular flexibility index (Phi) is 5.34. The van der Waals surface area contributed by atoms with Crippen LogP contribution in [0, 0.1) is 22.7 Å². The van der Waals surface area contributed by atoms with Crippen molar-refractivity contribution in [2.75, 3.05) is 13.1 Å². The number of hydrogen-bond donors (Lipinski definition) is 0. The van der Waals surface area contributed by atoms with Crippen LogP contribution in [-0.2, 0) is 0 Å². The Morgan fingerprint density at radius 3 is 2.27 bits per heavy atom. The van der Waals surface area contributed by atoms with Gasteiger partial charge in [-0.1, -0.05) is 6.07 Å². The van der Waals surface area contributed by atoms with Gasteiger partial charge in [0, 0.05) is 36.7 Å². The Morgan fingerprint density at radius 1 is 1.05 bits per heavy atom. The van der Waals surface area contributed by atoms with Gasteiger partial charge < -0.3 is 9.47 Å². The molecule has 5 heteroatoms. The summed E-state index contributed by atoms with van der Waals surface area (Å²) in [6.07, 6.45) is 4.34. The zero-order valence-corrected chi connectivity index (χ0v) is 12.1. The maximum absolute atomic E-state index is 12.6. The van der Waals surface area contributed by atoms with Crippen LogP contribution in [0.5, 0.6) is 0 Å². The molecule has 0 aliphatic heterocycles. The number of amides is 1. The minimum absolute atomic E-state index is 0.153. The lowest BCUT2D eigenvalue weighted by molar-refractivity contribution is 0.0762. The van der Waals surface area contributed by atoms with Crippen LogP contribution in [-0.4, -0.2) is 28.5 Å². The summed E-state index contributed by atoms with van der Waals surface area (Å²) >= 11 is 0. The van der Waals surface area contributed by atoms with Crippen LogP contribution in [0.3, 0.4) is 0 Å². The molecule has 0 saturated heterocycles. The largest absolute Gasteiger partial charge is 0.337 e. The number of hydrogen-bond acceptors (Lipinski definition) is 3. The van der Waals surface area contributed by atoms with Gasteiger partial charge in [0.05, 0.1) is 25.0 Å². The molecule has 0 N–H and O–H groups in total. The highest BCUT2D eigenvalue weighted by Gasteiger charge is 2.15. The van der Waals surface area contributed by atoms with E-state index in [1.807, 2.05) is 59.4 Å². The van der Waals surface area contributed by atoms with E-state index in [-0.39, 0.29) is 18.7 Å². The van der Waals surface area contributed by atoms with Gasteiger partial charge in [-0.05, 0) is 30.3 Å². The van der Waals surface area contributed by atoms with Gasteiger partial charge in [-0.2, -0.15) is 10.5 Å². The highest BCUT2D eigenvalue weighted by molar-refractivity contribution is 5.94. The molecule has 0 radical (unpaired) electrons. The van der Waals surface area contributed by atoms with Crippen molar-refractivity contribution >= 4 is 5.91 Å². The van der Waals surface area contributed by atoms with E-state index in [4.69, 9.17) is 10.5 Å². The molecule has 1 aromatic heterocycles. The lowest BCUT2D eigenvalue weighted by atomic mass is 10.1. The smallest absolute Gasteiger partial charge is 0.253 e. The van der Waals surface area contributed by atoms with Crippen molar-refractivity contribution in [3.05, 3.63) is 54.4 Å². The topological polar surface area (TPSA) is 72.8 Å². The van der Waals surface area contributed by atoms with E-state index in [2.05, 4.69) is 0 Å². The molecule has 0 unspecified atom stereocenters. The fraction of sp³-hybridized carbons (Fsp3) is 0.235. The maximum atomic E-state index is 12.6. The first kappa shape index (κ1) is 15.3. The third-order valence-electron chi connectivity index (χ3n) is 3.27. The molecular formula is C17H16N4O. The summed E-state index contributed by atoms with van der Waals surface area (Å²) in [7, 11) is 0. The van der Waals surface area contributed by atoms with Gasteiger partial charge in [0.25, 0.3) is 5.91 Å². The second-order valence-electron chi connectivity index (χ2n) is 4.75. The highest BCUT2D eigenvalue weighted by Crippen LogP contribution is 2.13. The second kappa shape index (κ2) is 7.66. The fourth-order valence-corrected chi connectivity index (χ4v) is 2.17. The average Bonchev–Trinajstić information content (AvgIpc) is 3.09. The van der Waals surface area contributed by atoms with E-state index in [9.17, 15) is 4.79 Å². The number of rotatable bonds is 6. The first-order valence-corrected chi connectivity index (χ1v) is 7.03. The normalized spacial score (nSPS) is 9.73. The van der Waals surface area contributed by atoms with E-state index in [0.717, 1.165) is 5.69 Å². The van der Waals surface area contributed by atoms with Crippen molar-refractivity contribution in [3.8, 4) is 17.8 Å². The zero-order chi connectivity index (χ0) is 15.8. The van der Waals surface area contributed by atoms with Crippen LogP contribution < -0.4 is 0 Å². The third kappa shape index (κ3) is 3.74. The van der Waals surface area contributed by atoms with Gasteiger partial charge in [-0.25, -0.2) is 0 Å². The summed E-state index contributed by atoms with van der Waals surface area (Å²) in [6, 6.07) is 15.2. The van der Waals surface area contributed by atoms with Crippen LogP contribution in [0.2, 0.25) is 0 Å². The van der Waals surface area contributed by atoms with Crippen molar-refractivity contribution in [1.29, 1.82) is 10.5 Å². The summed E-state index contributed by atoms with van der Waals surface area (Å²) in [4.78, 5) is 14.1. The fourth-order valence-electron chi connectivity index (χ4n) is 2.17. The molecule has 0 atom stereocenters. The molecule has 2 rings (SSSR count). The number of aromatic nitrogens is 1. The summed E-state index contributed by atoms with van der Waals surface area (Å²) < 4.78 is 1.92. The monoisotopic (exact) mass is 292 g/mol. The highest BCUT2D eigenvalue weighted by atomic mass is 16.2. The molecule has 0 bridgehead atoms. The number of carbonyl (C=O) groups excluding carboxylic acids is 1. The average molecular weight is 292 g/mol. The van der Waals surface area contributed by atoms with Gasteiger partial charge >= 0.3 is 0 Å². The van der Waals surface area contributed by atoms with Crippen molar-refractivity contribution in [3.63, 3.8) is 0 Å². The molecule has 0 aliphatic carbocycles. The molecule has 110 valence electrons. The standard InChI is InChI=1S/C17H16N4O/c18-8-4-12-21(13-5-9-19)17(22)15-6-3-7-16(14-15)20-10-1-2-11-20/h1-3,6-7,10-11,14H,4-5,12-13H2. The lowest BCUT2D eigenvalue weighted by Crippen LogP contribution is -2.32. The number of nitriles is 2. The van der Waals surface area contributed by atoms with E-state index >= 15 is 0 Å². The van der Waals surface area contributed by atoms with E-state index in [0.29, 0.717) is 18.7 Å². The maximum Gasteiger partial charge on any atom is 0.253 e. The van der Waals surface area contributed by atoms with Gasteiger partial charge in [0.2, 0.25) is 0 Å². The van der Waals surface area contributed by atoms with Crippen molar-refractivity contribution in [2.45, 2.75) is 12.8 Å². The molecule has 0 spiro atoms. The zero-order valence-electron chi connectivity index (χ0n) is 12.1. The SMILES string of the molecule is N#CCCN(CCC#N)C(=O)c1cccc(-n2cccc2)c1. The quantitative estimate of drug-likeness (QED) is 0.821. The van der Waals surface area contributed by atoms with Crippen molar-refractivity contribution in [2.24, 2.45) is 0 Å². The predicted octanol–water partition coefficient (Wildman–Crippen LogP) is 2.75. The molecule has 1 heterocycles. The predicted molar refractivity (Wildman–Crippen MR) is 82.1 cm³/mol. The van der Waals surface area contributed by atoms with Gasteiger partial charge in [-0.15, -0.1) is 0 Å². The molecular weight excluding hydrogens is 276 g/mol. The molecule has 1 aromatic carbocycles. The summed E-state index contributed by atoms with van der Waals surface area (Å²) in [5.41, 5.74) is 1.46. The molecule has 5 nitrogen and oxygen atoms in total. The van der Waals surface area contributed by atoms with E-state index < -0.39 is 0 Å². The Morgan fingerprint density at radius 2 is 1.68 bits per heavy atom. The lowest BCUT2D eigenvalue weighted by Gasteiger charge is -2.20. The summed E-state index contributed by atoms with van der Waals surface area (Å²) in [5, 5.41) is 17.4. The van der Waals surface area contributed by atoms with Crippen LogP contribution in [0.1, 0.15) is 23.2 Å². The Balaban J connectivity index is 2.21. The number of carbonyl (C=O) groups is 1. The van der Waals surface area contributed by atoms with Crippen molar-refractivity contribution < 1.29 is 4.79 Å². The Labute approximate surface area is 129 Å². The summed E-state index contributed by atoms with van der Waals surface area (Å²) in [5.74, 6) is -0.153. The minimum Gasteiger partial charge on any atom is -0.337 e. The van der Waals surface area contributed by atoms with Crippen molar-refractivity contribution in [1.82, 2.24) is 9.47 Å². The van der Waals surface area contributed by atoms with E-state index in [1.165, 1.54) is 0 Å². The second-order valence-corrected chi connectivity index (χ2v) is 4.75. The minimum atomic E-state index is -0.153. The number of nitrogens with zero attached hydrogens (tertiary/aromatic N) is 4. The Bertz CT molecular complexity index is 689. The molecule has 2 aromatic rings. The molecule has 22 heavy (non-hydrogen) atoms. The molecule has 1 amide bonds. The molecule has 0 saturated carbocycles. The first-order valence-electron chi connectivity index (χ1n) is 7.03. The third-order valence-corrected chi connectivity index (χ3v) is 3.27. The van der Waals surface area contributed by atoms with Gasteiger partial charge in [-0.3, -0.25) is 4.79 Å². The number of benzene rings is 1. The molecule has 0 aliphatic rings. The van der Waals surface area contributed by atoms with Gasteiger partial charge in [0.15, 0.2) is 0 Å². The summed E-state index contributed by atoms with van der Waals surface area (Å²) in [6.45, 7) is 0.676. The van der Waals surface area contributed by atoms with Crippen LogP contribution in [0.4, 0.5) is 0 Å².